The number of hydrogen-bond acceptors (Lipinski definition) is 5. The minimum atomic E-state index is -3.28. The molecule has 0 aliphatic heterocycles. The number of aromatic nitrogens is 1. The Bertz CT molecular complexity index is 757. The zero-order chi connectivity index (χ0) is 20.7. The Kier molecular flexibility index (Phi) is 7.91. The second kappa shape index (κ2) is 10.2. The fourth-order valence-corrected chi connectivity index (χ4v) is 2.68. The average Bonchev–Trinajstić information content (AvgIpc) is 2.71. The lowest BCUT2D eigenvalue weighted by atomic mass is 9.99. The topological polar surface area (TPSA) is 114 Å². The van der Waals surface area contributed by atoms with Gasteiger partial charge < -0.3 is 21.9 Å². The largest absolute Gasteiger partial charge is 0.386 e. The molecule has 2 aromatic rings. The van der Waals surface area contributed by atoms with Crippen LogP contribution in [-0.4, -0.2) is 41.7 Å². The van der Waals surface area contributed by atoms with Crippen molar-refractivity contribution in [2.24, 2.45) is 11.5 Å². The number of rotatable bonds is 9. The number of nitrogens with two attached hydrogens (primary N) is 2. The van der Waals surface area contributed by atoms with Crippen LogP contribution < -0.4 is 16.8 Å². The molecule has 0 saturated carbocycles. The maximum Gasteiger partial charge on any atom is 0.315 e. The molecule has 3 atom stereocenters. The van der Waals surface area contributed by atoms with Crippen LogP contribution in [0.1, 0.15) is 29.8 Å². The number of carbonyl (C=O) groups excluding carboxylic acids is 1. The fourth-order valence-electron chi connectivity index (χ4n) is 2.68. The van der Waals surface area contributed by atoms with Gasteiger partial charge in [-0.05, 0) is 30.2 Å². The first-order valence-electron chi connectivity index (χ1n) is 8.71. The number of carbonyl (C=O) groups is 1. The summed E-state index contributed by atoms with van der Waals surface area (Å²) in [7, 11) is 0. The van der Waals surface area contributed by atoms with E-state index >= 15 is 0 Å². The summed E-state index contributed by atoms with van der Waals surface area (Å²) in [6.07, 6.45) is -2.46. The van der Waals surface area contributed by atoms with Gasteiger partial charge in [-0.3, -0.25) is 9.78 Å². The van der Waals surface area contributed by atoms with Gasteiger partial charge >= 0.3 is 6.43 Å². The van der Waals surface area contributed by atoms with Crippen LogP contribution in [0.15, 0.2) is 42.6 Å². The Morgan fingerprint density at radius 2 is 1.79 bits per heavy atom. The van der Waals surface area contributed by atoms with Gasteiger partial charge in [0.2, 0.25) is 0 Å². The number of hydrogen-bond donors (Lipinski definition) is 4. The lowest BCUT2D eigenvalue weighted by Crippen LogP contribution is -2.43. The van der Waals surface area contributed by atoms with Crippen molar-refractivity contribution in [2.45, 2.75) is 31.0 Å². The van der Waals surface area contributed by atoms with Crippen molar-refractivity contribution in [1.82, 2.24) is 10.3 Å². The summed E-state index contributed by atoms with van der Waals surface area (Å²) in [5.74, 6) is -1.63. The van der Waals surface area contributed by atoms with Crippen LogP contribution >= 0.6 is 0 Å². The van der Waals surface area contributed by atoms with E-state index in [2.05, 4.69) is 4.98 Å². The summed E-state index contributed by atoms with van der Waals surface area (Å²) in [4.78, 5) is 15.4. The second-order valence-electron chi connectivity index (χ2n) is 6.29. The van der Waals surface area contributed by atoms with Crippen molar-refractivity contribution in [3.63, 3.8) is 0 Å². The maximum atomic E-state index is 13.1. The zero-order valence-corrected chi connectivity index (χ0v) is 15.1. The van der Waals surface area contributed by atoms with E-state index in [0.717, 1.165) is 16.8 Å². The third-order valence-electron chi connectivity index (χ3n) is 4.30. The first kappa shape index (κ1) is 21.8. The molecule has 1 aromatic carbocycles. The molecule has 0 aliphatic rings. The minimum absolute atomic E-state index is 0.238. The van der Waals surface area contributed by atoms with Crippen LogP contribution in [0.3, 0.4) is 0 Å². The summed E-state index contributed by atoms with van der Waals surface area (Å²) in [6.45, 7) is -0.720. The Labute approximate surface area is 160 Å². The molecule has 152 valence electrons. The highest BCUT2D eigenvalue weighted by Gasteiger charge is 2.26. The Morgan fingerprint density at radius 1 is 1.14 bits per heavy atom. The SMILES string of the molecule is NCCC(N)c1ccc(-c2ccc([C@@H](O)[C@@H](CF)NC(=O)C(F)F)cc2)cn1. The van der Waals surface area contributed by atoms with E-state index in [1.165, 1.54) is 12.1 Å². The lowest BCUT2D eigenvalue weighted by Gasteiger charge is -2.22. The molecule has 6 nitrogen and oxygen atoms in total. The van der Waals surface area contributed by atoms with E-state index in [1.807, 2.05) is 6.07 Å². The van der Waals surface area contributed by atoms with Crippen molar-refractivity contribution in [1.29, 1.82) is 0 Å². The number of aliphatic hydroxyl groups excluding tert-OH is 1. The van der Waals surface area contributed by atoms with Gasteiger partial charge in [-0.25, -0.2) is 4.39 Å². The van der Waals surface area contributed by atoms with Crippen LogP contribution in [-0.2, 0) is 4.79 Å². The van der Waals surface area contributed by atoms with Gasteiger partial charge in [0.15, 0.2) is 0 Å². The number of nitrogens with zero attached hydrogens (tertiary/aromatic N) is 1. The third kappa shape index (κ3) is 5.51. The maximum absolute atomic E-state index is 13.1. The Balaban J connectivity index is 2.10. The molecule has 0 radical (unpaired) electrons. The summed E-state index contributed by atoms with van der Waals surface area (Å²) in [6, 6.07) is 8.37. The second-order valence-corrected chi connectivity index (χ2v) is 6.29. The van der Waals surface area contributed by atoms with Crippen LogP contribution in [0.2, 0.25) is 0 Å². The van der Waals surface area contributed by atoms with Crippen LogP contribution in [0.25, 0.3) is 11.1 Å². The summed E-state index contributed by atoms with van der Waals surface area (Å²) in [5.41, 5.74) is 14.1. The van der Waals surface area contributed by atoms with Crippen molar-refractivity contribution >= 4 is 5.91 Å². The molecule has 0 spiro atoms. The van der Waals surface area contributed by atoms with E-state index < -0.39 is 31.2 Å². The van der Waals surface area contributed by atoms with Crippen molar-refractivity contribution in [3.05, 3.63) is 53.9 Å². The molecular weight excluding hydrogens is 373 g/mol. The predicted molar refractivity (Wildman–Crippen MR) is 99.1 cm³/mol. The van der Waals surface area contributed by atoms with Crippen LogP contribution in [0.5, 0.6) is 0 Å². The standard InChI is InChI=1S/C19H23F3N4O2/c20-9-16(26-19(28)18(21)22)17(27)12-3-1-11(2-4-12)13-5-6-15(25-10-13)14(24)7-8-23/h1-6,10,14,16-18,27H,7-9,23-24H2,(H,26,28)/t14?,16-,17-/m1/s1. The van der Waals surface area contributed by atoms with Crippen molar-refractivity contribution < 1.29 is 23.1 Å². The molecule has 9 heteroatoms. The van der Waals surface area contributed by atoms with E-state index in [0.29, 0.717) is 13.0 Å². The Hall–Kier alpha value is -2.49. The molecule has 0 bridgehead atoms. The first-order valence-corrected chi connectivity index (χ1v) is 8.71. The number of alkyl halides is 3. The molecule has 28 heavy (non-hydrogen) atoms. The van der Waals surface area contributed by atoms with Crippen molar-refractivity contribution in [2.75, 3.05) is 13.2 Å². The summed E-state index contributed by atoms with van der Waals surface area (Å²) >= 11 is 0. The van der Waals surface area contributed by atoms with Crippen molar-refractivity contribution in [3.8, 4) is 11.1 Å². The van der Waals surface area contributed by atoms with E-state index in [-0.39, 0.29) is 11.6 Å². The smallest absolute Gasteiger partial charge is 0.315 e. The molecule has 0 saturated heterocycles. The molecule has 2 rings (SSSR count). The quantitative estimate of drug-likeness (QED) is 0.517. The number of pyridine rings is 1. The predicted octanol–water partition coefficient (Wildman–Crippen LogP) is 1.85. The van der Waals surface area contributed by atoms with Gasteiger partial charge in [0, 0.05) is 17.8 Å². The highest BCUT2D eigenvalue weighted by atomic mass is 19.3. The number of nitrogens with one attached hydrogen (secondary N) is 1. The normalized spacial score (nSPS) is 14.5. The molecule has 1 heterocycles. The summed E-state index contributed by atoms with van der Waals surface area (Å²) < 4.78 is 37.7. The van der Waals surface area contributed by atoms with E-state index in [4.69, 9.17) is 11.5 Å². The highest BCUT2D eigenvalue weighted by molar-refractivity contribution is 5.79. The van der Waals surface area contributed by atoms with Gasteiger partial charge in [-0.15, -0.1) is 0 Å². The molecule has 6 N–H and O–H groups in total. The lowest BCUT2D eigenvalue weighted by molar-refractivity contribution is -0.133. The molecule has 1 unspecified atom stereocenters. The third-order valence-corrected chi connectivity index (χ3v) is 4.30. The van der Waals surface area contributed by atoms with E-state index in [1.54, 1.807) is 29.7 Å². The minimum Gasteiger partial charge on any atom is -0.386 e. The van der Waals surface area contributed by atoms with Gasteiger partial charge in [-0.1, -0.05) is 30.3 Å². The van der Waals surface area contributed by atoms with Gasteiger partial charge in [0.05, 0.1) is 11.7 Å². The highest BCUT2D eigenvalue weighted by Crippen LogP contribution is 2.24. The molecule has 1 aromatic heterocycles. The first-order chi connectivity index (χ1) is 13.4. The van der Waals surface area contributed by atoms with Gasteiger partial charge in [-0.2, -0.15) is 8.78 Å². The number of aliphatic hydroxyl groups is 1. The van der Waals surface area contributed by atoms with Crippen LogP contribution in [0, 0.1) is 0 Å². The van der Waals surface area contributed by atoms with Gasteiger partial charge in [0.25, 0.3) is 5.91 Å². The Morgan fingerprint density at radius 3 is 2.29 bits per heavy atom. The number of benzene rings is 1. The molecule has 0 fully saturated rings. The zero-order valence-electron chi connectivity index (χ0n) is 15.1. The molecule has 1 amide bonds. The van der Waals surface area contributed by atoms with E-state index in [9.17, 15) is 23.1 Å². The van der Waals surface area contributed by atoms with Crippen LogP contribution in [0.4, 0.5) is 13.2 Å². The number of amides is 1. The summed E-state index contributed by atoms with van der Waals surface area (Å²) in [5, 5.41) is 12.0. The monoisotopic (exact) mass is 396 g/mol. The molecular formula is C19H23F3N4O2. The molecule has 0 aliphatic carbocycles. The number of halogens is 3. The van der Waals surface area contributed by atoms with Gasteiger partial charge in [0.1, 0.15) is 12.8 Å². The average molecular weight is 396 g/mol. The fraction of sp³-hybridized carbons (Fsp3) is 0.368.